The lowest BCUT2D eigenvalue weighted by Gasteiger charge is -2.40. The number of alkyl halides is 1. The topological polar surface area (TPSA) is 3.24 Å². The van der Waals surface area contributed by atoms with Gasteiger partial charge < -0.3 is 0 Å². The third-order valence-corrected chi connectivity index (χ3v) is 3.36. The Hall–Kier alpha value is 0.440. The van der Waals surface area contributed by atoms with Gasteiger partial charge in [0.2, 0.25) is 0 Å². The molecule has 1 fully saturated rings. The molecule has 0 aromatic heterocycles. The summed E-state index contributed by atoms with van der Waals surface area (Å²) in [5.74, 6) is 0. The number of nitrogens with zero attached hydrogens (tertiary/aromatic N) is 1. The third-order valence-electron chi connectivity index (χ3n) is 2.46. The zero-order valence-corrected chi connectivity index (χ0v) is 9.15. The molecule has 1 nitrogen and oxygen atoms in total. The first-order chi connectivity index (χ1) is 5.17. The number of likely N-dealkylation sites (tertiary alicyclic amines) is 1. The van der Waals surface area contributed by atoms with Crippen LogP contribution in [0.5, 0.6) is 0 Å². The van der Waals surface area contributed by atoms with Crippen LogP contribution in [0, 0.1) is 0 Å². The summed E-state index contributed by atoms with van der Waals surface area (Å²) in [6, 6.07) is 0. The van der Waals surface area contributed by atoms with Crippen LogP contribution >= 0.6 is 15.9 Å². The monoisotopic (exact) mass is 219 g/mol. The van der Waals surface area contributed by atoms with Crippen molar-refractivity contribution in [3.63, 3.8) is 0 Å². The summed E-state index contributed by atoms with van der Waals surface area (Å²) >= 11 is 3.79. The first kappa shape index (κ1) is 9.53. The minimum Gasteiger partial charge on any atom is -0.289 e. The SMILES string of the molecule is CCCN1CCCCC1(C)Br. The minimum absolute atomic E-state index is 0.293. The Bertz CT molecular complexity index is 121. The molecule has 0 aromatic rings. The van der Waals surface area contributed by atoms with Crippen LogP contribution in [-0.4, -0.2) is 22.4 Å². The Morgan fingerprint density at radius 3 is 2.73 bits per heavy atom. The van der Waals surface area contributed by atoms with Gasteiger partial charge >= 0.3 is 0 Å². The fourth-order valence-electron chi connectivity index (χ4n) is 1.76. The molecule has 1 aliphatic heterocycles. The van der Waals surface area contributed by atoms with Gasteiger partial charge in [0.25, 0.3) is 0 Å². The molecule has 0 saturated carbocycles. The molecule has 1 saturated heterocycles. The molecule has 0 radical (unpaired) electrons. The van der Waals surface area contributed by atoms with Gasteiger partial charge in [-0.1, -0.05) is 22.9 Å². The van der Waals surface area contributed by atoms with Crippen molar-refractivity contribution in [2.24, 2.45) is 0 Å². The van der Waals surface area contributed by atoms with Crippen molar-refractivity contribution in [3.8, 4) is 0 Å². The van der Waals surface area contributed by atoms with Crippen molar-refractivity contribution in [2.75, 3.05) is 13.1 Å². The van der Waals surface area contributed by atoms with E-state index < -0.39 is 0 Å². The summed E-state index contributed by atoms with van der Waals surface area (Å²) < 4.78 is 0.293. The second-order valence-corrected chi connectivity index (χ2v) is 5.29. The average Bonchev–Trinajstić information content (AvgIpc) is 1.94. The molecular formula is C9H18BrN. The third kappa shape index (κ3) is 2.45. The molecule has 0 spiro atoms. The van der Waals surface area contributed by atoms with Gasteiger partial charge in [-0.3, -0.25) is 4.90 Å². The van der Waals surface area contributed by atoms with E-state index in [4.69, 9.17) is 0 Å². The molecule has 0 amide bonds. The molecular weight excluding hydrogens is 202 g/mol. The lowest BCUT2D eigenvalue weighted by Crippen LogP contribution is -2.45. The lowest BCUT2D eigenvalue weighted by atomic mass is 10.0. The first-order valence-electron chi connectivity index (χ1n) is 4.61. The van der Waals surface area contributed by atoms with Gasteiger partial charge in [0.15, 0.2) is 0 Å². The normalized spacial score (nSPS) is 34.1. The van der Waals surface area contributed by atoms with Crippen LogP contribution in [-0.2, 0) is 0 Å². The molecule has 1 atom stereocenters. The molecule has 2 heteroatoms. The van der Waals surface area contributed by atoms with Crippen molar-refractivity contribution in [1.29, 1.82) is 0 Å². The van der Waals surface area contributed by atoms with E-state index in [1.165, 1.54) is 38.8 Å². The van der Waals surface area contributed by atoms with Crippen LogP contribution < -0.4 is 0 Å². The van der Waals surface area contributed by atoms with E-state index in [-0.39, 0.29) is 0 Å². The van der Waals surface area contributed by atoms with Crippen molar-refractivity contribution in [1.82, 2.24) is 4.90 Å². The number of halogens is 1. The Labute approximate surface area is 78.3 Å². The quantitative estimate of drug-likeness (QED) is 0.510. The van der Waals surface area contributed by atoms with E-state index in [0.717, 1.165) is 0 Å². The van der Waals surface area contributed by atoms with E-state index in [0.29, 0.717) is 4.45 Å². The van der Waals surface area contributed by atoms with Crippen molar-refractivity contribution >= 4 is 15.9 Å². The Morgan fingerprint density at radius 1 is 1.45 bits per heavy atom. The predicted molar refractivity (Wildman–Crippen MR) is 53.0 cm³/mol. The molecule has 66 valence electrons. The minimum atomic E-state index is 0.293. The van der Waals surface area contributed by atoms with Gasteiger partial charge in [-0.2, -0.15) is 0 Å². The maximum Gasteiger partial charge on any atom is 0.0738 e. The summed E-state index contributed by atoms with van der Waals surface area (Å²) in [5.41, 5.74) is 0. The Balaban J connectivity index is 2.45. The maximum absolute atomic E-state index is 3.79. The largest absolute Gasteiger partial charge is 0.289 e. The smallest absolute Gasteiger partial charge is 0.0738 e. The van der Waals surface area contributed by atoms with Crippen molar-refractivity contribution < 1.29 is 0 Å². The Kier molecular flexibility index (Phi) is 3.38. The molecule has 11 heavy (non-hydrogen) atoms. The van der Waals surface area contributed by atoms with Gasteiger partial charge in [0, 0.05) is 0 Å². The van der Waals surface area contributed by atoms with Crippen LogP contribution in [0.4, 0.5) is 0 Å². The second-order valence-electron chi connectivity index (χ2n) is 3.59. The summed E-state index contributed by atoms with van der Waals surface area (Å²) in [4.78, 5) is 2.55. The van der Waals surface area contributed by atoms with Crippen molar-refractivity contribution in [3.05, 3.63) is 0 Å². The lowest BCUT2D eigenvalue weighted by molar-refractivity contribution is 0.140. The highest BCUT2D eigenvalue weighted by molar-refractivity contribution is 9.10. The first-order valence-corrected chi connectivity index (χ1v) is 5.40. The van der Waals surface area contributed by atoms with E-state index in [1.54, 1.807) is 0 Å². The zero-order valence-electron chi connectivity index (χ0n) is 7.57. The predicted octanol–water partition coefficient (Wildman–Crippen LogP) is 2.99. The summed E-state index contributed by atoms with van der Waals surface area (Å²) in [7, 11) is 0. The van der Waals surface area contributed by atoms with Gasteiger partial charge in [-0.25, -0.2) is 0 Å². The average molecular weight is 220 g/mol. The Morgan fingerprint density at radius 2 is 2.18 bits per heavy atom. The molecule has 0 aromatic carbocycles. The molecule has 1 heterocycles. The molecule has 1 rings (SSSR count). The molecule has 0 aliphatic carbocycles. The number of hydrogen-bond donors (Lipinski definition) is 0. The van der Waals surface area contributed by atoms with Crippen molar-refractivity contribution in [2.45, 2.75) is 44.0 Å². The highest BCUT2D eigenvalue weighted by Crippen LogP contribution is 2.33. The van der Waals surface area contributed by atoms with Gasteiger partial charge in [-0.15, -0.1) is 0 Å². The fraction of sp³-hybridized carbons (Fsp3) is 1.00. The number of hydrogen-bond acceptors (Lipinski definition) is 1. The number of piperidine rings is 1. The van der Waals surface area contributed by atoms with E-state index in [2.05, 4.69) is 34.7 Å². The van der Waals surface area contributed by atoms with Gasteiger partial charge in [-0.05, 0) is 45.7 Å². The molecule has 0 bridgehead atoms. The second kappa shape index (κ2) is 3.90. The van der Waals surface area contributed by atoms with Crippen LogP contribution in [0.2, 0.25) is 0 Å². The van der Waals surface area contributed by atoms with Crippen LogP contribution in [0.3, 0.4) is 0 Å². The van der Waals surface area contributed by atoms with Crippen LogP contribution in [0.25, 0.3) is 0 Å². The van der Waals surface area contributed by atoms with Gasteiger partial charge in [0.05, 0.1) is 4.45 Å². The molecule has 1 unspecified atom stereocenters. The summed E-state index contributed by atoms with van der Waals surface area (Å²) in [6.07, 6.45) is 5.32. The zero-order chi connectivity index (χ0) is 8.32. The number of rotatable bonds is 2. The summed E-state index contributed by atoms with van der Waals surface area (Å²) in [6.45, 7) is 7.05. The van der Waals surface area contributed by atoms with E-state index in [9.17, 15) is 0 Å². The van der Waals surface area contributed by atoms with Crippen LogP contribution in [0.1, 0.15) is 39.5 Å². The maximum atomic E-state index is 3.79. The van der Waals surface area contributed by atoms with E-state index >= 15 is 0 Å². The highest BCUT2D eigenvalue weighted by atomic mass is 79.9. The summed E-state index contributed by atoms with van der Waals surface area (Å²) in [5, 5.41) is 0. The molecule has 0 N–H and O–H groups in total. The standard InChI is InChI=1S/C9H18BrN/c1-3-7-11-8-5-4-6-9(11,2)10/h3-8H2,1-2H3. The van der Waals surface area contributed by atoms with Gasteiger partial charge in [0.1, 0.15) is 0 Å². The fourth-order valence-corrected chi connectivity index (χ4v) is 2.39. The van der Waals surface area contributed by atoms with Crippen LogP contribution in [0.15, 0.2) is 0 Å². The van der Waals surface area contributed by atoms with E-state index in [1.807, 2.05) is 0 Å². The highest BCUT2D eigenvalue weighted by Gasteiger charge is 2.30. The molecule has 1 aliphatic rings.